The maximum absolute atomic E-state index is 12.6. The molecule has 123 valence electrons. The summed E-state index contributed by atoms with van der Waals surface area (Å²) in [5.74, 6) is 1.37. The summed E-state index contributed by atoms with van der Waals surface area (Å²) in [6.07, 6.45) is 0. The van der Waals surface area contributed by atoms with E-state index in [4.69, 9.17) is 4.74 Å². The van der Waals surface area contributed by atoms with E-state index in [0.717, 1.165) is 27.7 Å². The number of carbonyl (C=O) groups excluding carboxylic acids is 1. The zero-order chi connectivity index (χ0) is 17.0. The van der Waals surface area contributed by atoms with Crippen LogP contribution in [-0.2, 0) is 0 Å². The molecule has 0 aliphatic carbocycles. The van der Waals surface area contributed by atoms with Gasteiger partial charge in [-0.25, -0.2) is 0 Å². The molecule has 0 N–H and O–H groups in total. The molecule has 4 heteroatoms. The summed E-state index contributed by atoms with van der Waals surface area (Å²) in [5.41, 5.74) is 4.41. The van der Waals surface area contributed by atoms with Crippen molar-refractivity contribution in [3.63, 3.8) is 0 Å². The molecule has 0 aliphatic heterocycles. The van der Waals surface area contributed by atoms with E-state index in [1.165, 1.54) is 5.56 Å². The minimum Gasteiger partial charge on any atom is -0.493 e. The fraction of sp³-hybridized carbons (Fsp3) is 0.350. The van der Waals surface area contributed by atoms with Gasteiger partial charge in [0.2, 0.25) is 0 Å². The van der Waals surface area contributed by atoms with E-state index in [2.05, 4.69) is 32.9 Å². The standard InChI is InChI=1S/C20H25O2P.Li/c1-13(2)12-22-17-6-8-18(9-7-17)23-20(21)19-15(4)10-14(3)11-16(19)5;/h6-11,13,23H,12H2,1-5H3;. The number of hydrogen-bond acceptors (Lipinski definition) is 2. The summed E-state index contributed by atoms with van der Waals surface area (Å²) in [6.45, 7) is 11.1. The van der Waals surface area contributed by atoms with Crippen molar-refractivity contribution in [3.05, 3.63) is 58.7 Å². The second-order valence-corrected chi connectivity index (χ2v) is 7.74. The van der Waals surface area contributed by atoms with Crippen LogP contribution in [0.5, 0.6) is 5.75 Å². The molecule has 2 aromatic carbocycles. The van der Waals surface area contributed by atoms with E-state index in [1.54, 1.807) is 0 Å². The van der Waals surface area contributed by atoms with Crippen LogP contribution in [0.4, 0.5) is 0 Å². The van der Waals surface area contributed by atoms with Gasteiger partial charge in [-0.1, -0.05) is 43.7 Å². The summed E-state index contributed by atoms with van der Waals surface area (Å²) >= 11 is 0. The first-order valence-corrected chi connectivity index (χ1v) is 8.99. The SMILES string of the molecule is Cc1cc(C)c(C(=O)Pc2ccc(OCC(C)C)cc2)c(C)c1.[Li]. The summed E-state index contributed by atoms with van der Waals surface area (Å²) in [5, 5.41) is 1.05. The van der Waals surface area contributed by atoms with Gasteiger partial charge < -0.3 is 4.74 Å². The van der Waals surface area contributed by atoms with Crippen molar-refractivity contribution >= 4 is 38.3 Å². The van der Waals surface area contributed by atoms with Gasteiger partial charge in [0.25, 0.3) is 0 Å². The first-order valence-electron chi connectivity index (χ1n) is 7.99. The molecule has 0 spiro atoms. The van der Waals surface area contributed by atoms with Crippen LogP contribution in [-0.4, -0.2) is 31.0 Å². The van der Waals surface area contributed by atoms with E-state index in [1.807, 2.05) is 38.1 Å². The third kappa shape index (κ3) is 5.78. The molecular weight excluding hydrogens is 310 g/mol. The molecule has 24 heavy (non-hydrogen) atoms. The first kappa shape index (κ1) is 21.0. The maximum Gasteiger partial charge on any atom is 0.186 e. The van der Waals surface area contributed by atoms with Gasteiger partial charge in [0.1, 0.15) is 5.75 Å². The average Bonchev–Trinajstić information content (AvgIpc) is 2.45. The quantitative estimate of drug-likeness (QED) is 0.577. The van der Waals surface area contributed by atoms with Crippen LogP contribution < -0.4 is 10.0 Å². The molecule has 1 unspecified atom stereocenters. The number of aryl methyl sites for hydroxylation is 3. The van der Waals surface area contributed by atoms with Crippen molar-refractivity contribution in [1.29, 1.82) is 0 Å². The molecule has 0 bridgehead atoms. The third-order valence-electron chi connectivity index (χ3n) is 3.60. The summed E-state index contributed by atoms with van der Waals surface area (Å²) in [4.78, 5) is 12.6. The van der Waals surface area contributed by atoms with E-state index >= 15 is 0 Å². The zero-order valence-corrected chi connectivity index (χ0v) is 16.6. The average molecular weight is 335 g/mol. The number of benzene rings is 2. The largest absolute Gasteiger partial charge is 0.493 e. The van der Waals surface area contributed by atoms with E-state index in [0.29, 0.717) is 12.5 Å². The fourth-order valence-electron chi connectivity index (χ4n) is 2.63. The van der Waals surface area contributed by atoms with Gasteiger partial charge >= 0.3 is 0 Å². The Hall–Kier alpha value is -1.06. The minimum absolute atomic E-state index is 0. The molecular formula is C20H25LiO2P. The Morgan fingerprint density at radius 2 is 1.58 bits per heavy atom. The molecule has 2 nitrogen and oxygen atoms in total. The Morgan fingerprint density at radius 3 is 2.08 bits per heavy atom. The number of carbonyl (C=O) groups is 1. The molecule has 0 saturated heterocycles. The third-order valence-corrected chi connectivity index (χ3v) is 4.70. The predicted octanol–water partition coefficient (Wildman–Crippen LogP) is 4.41. The summed E-state index contributed by atoms with van der Waals surface area (Å²) in [7, 11) is 0.145. The van der Waals surface area contributed by atoms with E-state index < -0.39 is 0 Å². The predicted molar refractivity (Wildman–Crippen MR) is 105 cm³/mol. The Kier molecular flexibility index (Phi) is 8.24. The van der Waals surface area contributed by atoms with Crippen molar-refractivity contribution < 1.29 is 9.53 Å². The molecule has 1 radical (unpaired) electrons. The fourth-order valence-corrected chi connectivity index (χ4v) is 3.74. The Morgan fingerprint density at radius 1 is 1.04 bits per heavy atom. The van der Waals surface area contributed by atoms with Crippen LogP contribution in [0.25, 0.3) is 0 Å². The van der Waals surface area contributed by atoms with Gasteiger partial charge in [-0.15, -0.1) is 0 Å². The molecule has 0 amide bonds. The monoisotopic (exact) mass is 335 g/mol. The Labute approximate surface area is 159 Å². The topological polar surface area (TPSA) is 26.3 Å². The zero-order valence-electron chi connectivity index (χ0n) is 15.6. The van der Waals surface area contributed by atoms with Gasteiger partial charge in [-0.2, -0.15) is 0 Å². The molecule has 0 aliphatic rings. The van der Waals surface area contributed by atoms with E-state index in [-0.39, 0.29) is 33.0 Å². The second-order valence-electron chi connectivity index (χ2n) is 6.46. The van der Waals surface area contributed by atoms with Crippen LogP contribution in [0.3, 0.4) is 0 Å². The second kappa shape index (κ2) is 9.43. The number of hydrogen-bond donors (Lipinski definition) is 0. The molecule has 0 aromatic heterocycles. The van der Waals surface area contributed by atoms with Gasteiger partial charge in [0.15, 0.2) is 5.52 Å². The van der Waals surface area contributed by atoms with Gasteiger partial charge in [0, 0.05) is 24.4 Å². The van der Waals surface area contributed by atoms with E-state index in [9.17, 15) is 4.79 Å². The number of rotatable bonds is 6. The normalized spacial score (nSPS) is 10.9. The molecule has 1 atom stereocenters. The van der Waals surface area contributed by atoms with Crippen molar-refractivity contribution in [2.75, 3.05) is 6.61 Å². The Balaban J connectivity index is 0.00000288. The molecule has 0 fully saturated rings. The minimum atomic E-state index is 0. The Bertz CT molecular complexity index is 670. The van der Waals surface area contributed by atoms with Crippen molar-refractivity contribution in [3.8, 4) is 5.75 Å². The number of ether oxygens (including phenoxy) is 1. The van der Waals surface area contributed by atoms with Crippen LogP contribution >= 0.6 is 8.58 Å². The van der Waals surface area contributed by atoms with Crippen molar-refractivity contribution in [2.45, 2.75) is 34.6 Å². The summed E-state index contributed by atoms with van der Waals surface area (Å²) < 4.78 is 5.68. The van der Waals surface area contributed by atoms with Crippen LogP contribution in [0, 0.1) is 26.7 Å². The van der Waals surface area contributed by atoms with Gasteiger partial charge in [0.05, 0.1) is 6.61 Å². The van der Waals surface area contributed by atoms with Crippen molar-refractivity contribution in [2.24, 2.45) is 5.92 Å². The maximum atomic E-state index is 12.6. The smallest absolute Gasteiger partial charge is 0.186 e. The van der Waals surface area contributed by atoms with Gasteiger partial charge in [-0.3, -0.25) is 4.79 Å². The van der Waals surface area contributed by atoms with Crippen molar-refractivity contribution in [1.82, 2.24) is 0 Å². The van der Waals surface area contributed by atoms with Crippen LogP contribution in [0.1, 0.15) is 40.9 Å². The first-order chi connectivity index (χ1) is 10.9. The molecule has 0 heterocycles. The van der Waals surface area contributed by atoms with Crippen LogP contribution in [0.2, 0.25) is 0 Å². The molecule has 2 rings (SSSR count). The summed E-state index contributed by atoms with van der Waals surface area (Å²) in [6, 6.07) is 12.0. The molecule has 2 aromatic rings. The molecule has 0 saturated carbocycles. The van der Waals surface area contributed by atoms with Gasteiger partial charge in [-0.05, 0) is 63.8 Å². The van der Waals surface area contributed by atoms with Crippen LogP contribution in [0.15, 0.2) is 36.4 Å².